The normalized spacial score (nSPS) is 16.4. The van der Waals surface area contributed by atoms with E-state index in [0.29, 0.717) is 17.7 Å². The molecule has 1 atom stereocenters. The molecule has 0 spiro atoms. The third-order valence-corrected chi connectivity index (χ3v) is 5.42. The summed E-state index contributed by atoms with van der Waals surface area (Å²) >= 11 is 0. The van der Waals surface area contributed by atoms with Crippen molar-refractivity contribution in [2.45, 2.75) is 12.5 Å². The standard InChI is InChI=1S/C22H26N6O/c1-26(2)19-9-10-28(15-19)21(29)20-11-16(14-27(20)3)17-12-23-22(24-13-17)25-18-7-5-4-6-8-18/h4-8,11-14,19H,9-10,15H2,1-3H3,(H,23,24,25). The molecule has 1 saturated heterocycles. The smallest absolute Gasteiger partial charge is 0.270 e. The van der Waals surface area contributed by atoms with E-state index in [1.807, 2.05) is 59.1 Å². The van der Waals surface area contributed by atoms with Crippen molar-refractivity contribution >= 4 is 17.5 Å². The van der Waals surface area contributed by atoms with Crippen LogP contribution in [-0.2, 0) is 7.05 Å². The lowest BCUT2D eigenvalue weighted by Gasteiger charge is -2.20. The fourth-order valence-electron chi connectivity index (χ4n) is 3.64. The first-order valence-corrected chi connectivity index (χ1v) is 9.78. The number of carbonyl (C=O) groups excluding carboxylic acids is 1. The fraction of sp³-hybridized carbons (Fsp3) is 0.318. The molecule has 0 saturated carbocycles. The average molecular weight is 390 g/mol. The van der Waals surface area contributed by atoms with Gasteiger partial charge in [0.15, 0.2) is 0 Å². The number of para-hydroxylation sites is 1. The minimum Gasteiger partial charge on any atom is -0.346 e. The molecule has 0 bridgehead atoms. The van der Waals surface area contributed by atoms with E-state index in [4.69, 9.17) is 0 Å². The van der Waals surface area contributed by atoms with Crippen LogP contribution in [0, 0.1) is 0 Å². The molecule has 2 aromatic heterocycles. The molecule has 1 fully saturated rings. The van der Waals surface area contributed by atoms with Gasteiger partial charge in [-0.05, 0) is 38.7 Å². The number of aromatic nitrogens is 3. The maximum absolute atomic E-state index is 13.0. The number of likely N-dealkylation sites (N-methyl/N-ethyl adjacent to an activating group) is 1. The van der Waals surface area contributed by atoms with Crippen molar-refractivity contribution in [1.29, 1.82) is 0 Å². The Balaban J connectivity index is 1.48. The van der Waals surface area contributed by atoms with E-state index in [1.165, 1.54) is 0 Å². The Bertz CT molecular complexity index is 980. The minimum atomic E-state index is 0.0754. The van der Waals surface area contributed by atoms with Crippen molar-refractivity contribution in [2.24, 2.45) is 7.05 Å². The van der Waals surface area contributed by atoms with Gasteiger partial charge in [-0.25, -0.2) is 9.97 Å². The minimum absolute atomic E-state index is 0.0754. The molecule has 150 valence electrons. The molecule has 1 N–H and O–H groups in total. The second kappa shape index (κ2) is 8.05. The fourth-order valence-corrected chi connectivity index (χ4v) is 3.64. The van der Waals surface area contributed by atoms with Gasteiger partial charge in [-0.15, -0.1) is 0 Å². The lowest BCUT2D eigenvalue weighted by molar-refractivity contribution is 0.0773. The van der Waals surface area contributed by atoms with Gasteiger partial charge in [-0.3, -0.25) is 4.79 Å². The summed E-state index contributed by atoms with van der Waals surface area (Å²) in [5.74, 6) is 0.616. The van der Waals surface area contributed by atoms with Gasteiger partial charge in [0.1, 0.15) is 5.69 Å². The van der Waals surface area contributed by atoms with Gasteiger partial charge in [0.2, 0.25) is 5.95 Å². The van der Waals surface area contributed by atoms with Crippen LogP contribution in [-0.4, -0.2) is 63.5 Å². The third-order valence-electron chi connectivity index (χ3n) is 5.42. The Morgan fingerprint density at radius 1 is 1.14 bits per heavy atom. The van der Waals surface area contributed by atoms with E-state index >= 15 is 0 Å². The van der Waals surface area contributed by atoms with Crippen molar-refractivity contribution in [3.63, 3.8) is 0 Å². The molecule has 4 rings (SSSR count). The zero-order chi connectivity index (χ0) is 20.4. The number of benzene rings is 1. The zero-order valence-electron chi connectivity index (χ0n) is 17.0. The molecule has 1 aliphatic rings. The first-order chi connectivity index (χ1) is 14.0. The number of nitrogens with zero attached hydrogens (tertiary/aromatic N) is 5. The Kier molecular flexibility index (Phi) is 5.31. The van der Waals surface area contributed by atoms with Gasteiger partial charge < -0.3 is 19.7 Å². The molecule has 0 aliphatic carbocycles. The summed E-state index contributed by atoms with van der Waals surface area (Å²) in [4.78, 5) is 25.9. The number of aryl methyl sites for hydroxylation is 1. The van der Waals surface area contributed by atoms with Gasteiger partial charge in [0.05, 0.1) is 0 Å². The molecule has 3 heterocycles. The van der Waals surface area contributed by atoms with Crippen molar-refractivity contribution in [1.82, 2.24) is 24.3 Å². The van der Waals surface area contributed by atoms with Gasteiger partial charge in [0, 0.05) is 61.6 Å². The van der Waals surface area contributed by atoms with E-state index in [9.17, 15) is 4.79 Å². The van der Waals surface area contributed by atoms with E-state index in [2.05, 4.69) is 34.3 Å². The molecule has 7 nitrogen and oxygen atoms in total. The van der Waals surface area contributed by atoms with E-state index in [-0.39, 0.29) is 5.91 Å². The Morgan fingerprint density at radius 2 is 1.86 bits per heavy atom. The average Bonchev–Trinajstić information content (AvgIpc) is 3.36. The second-order valence-electron chi connectivity index (χ2n) is 7.67. The first-order valence-electron chi connectivity index (χ1n) is 9.78. The van der Waals surface area contributed by atoms with Crippen LogP contribution < -0.4 is 5.32 Å². The summed E-state index contributed by atoms with van der Waals surface area (Å²) in [5, 5.41) is 3.18. The van der Waals surface area contributed by atoms with Gasteiger partial charge in [-0.2, -0.15) is 0 Å². The van der Waals surface area contributed by atoms with Crippen LogP contribution in [0.4, 0.5) is 11.6 Å². The molecular formula is C22H26N6O. The van der Waals surface area contributed by atoms with Gasteiger partial charge in [-0.1, -0.05) is 18.2 Å². The van der Waals surface area contributed by atoms with Gasteiger partial charge in [0.25, 0.3) is 5.91 Å². The van der Waals surface area contributed by atoms with Crippen LogP contribution in [0.2, 0.25) is 0 Å². The molecule has 1 unspecified atom stereocenters. The molecule has 29 heavy (non-hydrogen) atoms. The maximum atomic E-state index is 13.0. The van der Waals surface area contributed by atoms with Crippen LogP contribution in [0.1, 0.15) is 16.9 Å². The van der Waals surface area contributed by atoms with Crippen molar-refractivity contribution < 1.29 is 4.79 Å². The summed E-state index contributed by atoms with van der Waals surface area (Å²) in [6, 6.07) is 12.2. The van der Waals surface area contributed by atoms with Gasteiger partial charge >= 0.3 is 0 Å². The number of hydrogen-bond donors (Lipinski definition) is 1. The second-order valence-corrected chi connectivity index (χ2v) is 7.67. The highest BCUT2D eigenvalue weighted by atomic mass is 16.2. The molecule has 1 amide bonds. The van der Waals surface area contributed by atoms with Crippen LogP contribution in [0.15, 0.2) is 55.0 Å². The Morgan fingerprint density at radius 3 is 2.52 bits per heavy atom. The predicted octanol–water partition coefficient (Wildman–Crippen LogP) is 3.00. The lowest BCUT2D eigenvalue weighted by Crippen LogP contribution is -2.35. The van der Waals surface area contributed by atoms with Crippen LogP contribution in [0.5, 0.6) is 0 Å². The first kappa shape index (κ1) is 19.1. The number of amides is 1. The number of likely N-dealkylation sites (tertiary alicyclic amines) is 1. The van der Waals surface area contributed by atoms with Crippen molar-refractivity contribution in [3.05, 3.63) is 60.7 Å². The molecule has 1 aromatic carbocycles. The number of hydrogen-bond acceptors (Lipinski definition) is 5. The monoisotopic (exact) mass is 390 g/mol. The van der Waals surface area contributed by atoms with E-state index in [1.54, 1.807) is 12.4 Å². The van der Waals surface area contributed by atoms with Crippen LogP contribution >= 0.6 is 0 Å². The Labute approximate surface area is 171 Å². The van der Waals surface area contributed by atoms with Crippen LogP contribution in [0.3, 0.4) is 0 Å². The summed E-state index contributed by atoms with van der Waals surface area (Å²) in [7, 11) is 6.04. The molecule has 3 aromatic rings. The molecule has 7 heteroatoms. The topological polar surface area (TPSA) is 66.3 Å². The van der Waals surface area contributed by atoms with E-state index in [0.717, 1.165) is 36.3 Å². The zero-order valence-corrected chi connectivity index (χ0v) is 17.0. The summed E-state index contributed by atoms with van der Waals surface area (Å²) in [6.45, 7) is 1.57. The van der Waals surface area contributed by atoms with Crippen molar-refractivity contribution in [3.8, 4) is 11.1 Å². The quantitative estimate of drug-likeness (QED) is 0.725. The SMILES string of the molecule is CN(C)C1CCN(C(=O)c2cc(-c3cnc(Nc4ccccc4)nc3)cn2C)C1. The summed E-state index contributed by atoms with van der Waals surface area (Å²) in [6.07, 6.45) is 6.52. The summed E-state index contributed by atoms with van der Waals surface area (Å²) < 4.78 is 1.89. The number of anilines is 2. The number of carbonyl (C=O) groups is 1. The number of nitrogens with one attached hydrogen (secondary N) is 1. The lowest BCUT2D eigenvalue weighted by atomic mass is 10.2. The third kappa shape index (κ3) is 4.14. The largest absolute Gasteiger partial charge is 0.346 e. The summed E-state index contributed by atoms with van der Waals surface area (Å²) in [5.41, 5.74) is 3.44. The maximum Gasteiger partial charge on any atom is 0.270 e. The predicted molar refractivity (Wildman–Crippen MR) is 114 cm³/mol. The molecular weight excluding hydrogens is 364 g/mol. The van der Waals surface area contributed by atoms with E-state index < -0.39 is 0 Å². The van der Waals surface area contributed by atoms with Crippen molar-refractivity contribution in [2.75, 3.05) is 32.5 Å². The molecule has 0 radical (unpaired) electrons. The van der Waals surface area contributed by atoms with Crippen LogP contribution in [0.25, 0.3) is 11.1 Å². The highest BCUT2D eigenvalue weighted by molar-refractivity contribution is 5.94. The highest BCUT2D eigenvalue weighted by Crippen LogP contribution is 2.24. The Hall–Kier alpha value is -3.19. The molecule has 1 aliphatic heterocycles. The number of rotatable bonds is 5. The highest BCUT2D eigenvalue weighted by Gasteiger charge is 2.29.